The number of ketones is 1. The Labute approximate surface area is 159 Å². The molecule has 0 saturated heterocycles. The fraction of sp³-hybridized carbons (Fsp3) is 0.158. The molecule has 4 rings (SSSR count). The highest BCUT2D eigenvalue weighted by molar-refractivity contribution is 6.07. The van der Waals surface area contributed by atoms with E-state index >= 15 is 0 Å². The summed E-state index contributed by atoms with van der Waals surface area (Å²) in [7, 11) is 0. The minimum atomic E-state index is -0.347. The van der Waals surface area contributed by atoms with Crippen LogP contribution >= 0.6 is 0 Å². The lowest BCUT2D eigenvalue weighted by Gasteiger charge is -2.07. The molecule has 0 spiro atoms. The van der Waals surface area contributed by atoms with Crippen LogP contribution in [0.5, 0.6) is 0 Å². The average molecular weight is 376 g/mol. The van der Waals surface area contributed by atoms with Gasteiger partial charge >= 0.3 is 0 Å². The number of fused-ring (bicyclic) bond motifs is 1. The van der Waals surface area contributed by atoms with Gasteiger partial charge in [-0.3, -0.25) is 14.0 Å². The Bertz CT molecular complexity index is 1190. The van der Waals surface area contributed by atoms with Crippen LogP contribution in [0.25, 0.3) is 17.1 Å². The first kappa shape index (κ1) is 17.5. The highest BCUT2D eigenvalue weighted by atomic mass is 16.5. The maximum atomic E-state index is 12.5. The Hall–Kier alpha value is -3.88. The predicted molar refractivity (Wildman–Crippen MR) is 98.6 cm³/mol. The molecular weight excluding hydrogens is 360 g/mol. The number of carbonyl (C=O) groups excluding carboxylic acids is 2. The maximum absolute atomic E-state index is 12.5. The molecule has 1 N–H and O–H groups in total. The Morgan fingerprint density at radius 2 is 1.93 bits per heavy atom. The molecule has 0 radical (unpaired) electrons. The average Bonchev–Trinajstić information content (AvgIpc) is 3.31. The van der Waals surface area contributed by atoms with E-state index in [-0.39, 0.29) is 18.2 Å². The second kappa shape index (κ2) is 7.03. The Morgan fingerprint density at radius 3 is 2.64 bits per heavy atom. The zero-order valence-corrected chi connectivity index (χ0v) is 15.2. The van der Waals surface area contributed by atoms with Crippen molar-refractivity contribution in [2.24, 2.45) is 0 Å². The van der Waals surface area contributed by atoms with Crippen LogP contribution in [0.1, 0.15) is 39.3 Å². The summed E-state index contributed by atoms with van der Waals surface area (Å²) in [5, 5.41) is 14.8. The van der Waals surface area contributed by atoms with Gasteiger partial charge in [-0.25, -0.2) is 0 Å². The van der Waals surface area contributed by atoms with Gasteiger partial charge in [0.2, 0.25) is 0 Å². The van der Waals surface area contributed by atoms with E-state index in [0.29, 0.717) is 34.3 Å². The largest absolute Gasteiger partial charge is 0.345 e. The lowest BCUT2D eigenvalue weighted by Crippen LogP contribution is -2.25. The standard InChI is InChI=1S/C19H16N6O3/c1-11(26)14-5-3-4-6-15(14)18(27)20-10-17-23-22-16-9-13(7-8-25(16)17)19-21-12(2)24-28-19/h3-9H,10H2,1-2H3,(H,20,27). The third-order valence-corrected chi connectivity index (χ3v) is 4.21. The Morgan fingerprint density at radius 1 is 1.14 bits per heavy atom. The summed E-state index contributed by atoms with van der Waals surface area (Å²) in [4.78, 5) is 28.4. The number of hydrogen-bond acceptors (Lipinski definition) is 7. The van der Waals surface area contributed by atoms with Crippen LogP contribution in [0.3, 0.4) is 0 Å². The van der Waals surface area contributed by atoms with Crippen molar-refractivity contribution in [2.75, 3.05) is 0 Å². The molecule has 4 aromatic rings. The zero-order valence-electron chi connectivity index (χ0n) is 15.2. The molecule has 140 valence electrons. The van der Waals surface area contributed by atoms with E-state index in [2.05, 4.69) is 25.7 Å². The second-order valence-corrected chi connectivity index (χ2v) is 6.19. The monoisotopic (exact) mass is 376 g/mol. The first-order valence-electron chi connectivity index (χ1n) is 8.55. The minimum Gasteiger partial charge on any atom is -0.345 e. The van der Waals surface area contributed by atoms with E-state index in [1.165, 1.54) is 6.92 Å². The van der Waals surface area contributed by atoms with Crippen LogP contribution < -0.4 is 5.32 Å². The highest BCUT2D eigenvalue weighted by Crippen LogP contribution is 2.19. The molecule has 3 heterocycles. The summed E-state index contributed by atoms with van der Waals surface area (Å²) >= 11 is 0. The summed E-state index contributed by atoms with van der Waals surface area (Å²) in [6.07, 6.45) is 1.77. The third-order valence-electron chi connectivity index (χ3n) is 4.21. The van der Waals surface area contributed by atoms with Crippen molar-refractivity contribution >= 4 is 17.3 Å². The van der Waals surface area contributed by atoms with Crippen LogP contribution in [0.4, 0.5) is 0 Å². The zero-order chi connectivity index (χ0) is 19.7. The molecule has 3 aromatic heterocycles. The molecule has 9 nitrogen and oxygen atoms in total. The highest BCUT2D eigenvalue weighted by Gasteiger charge is 2.15. The van der Waals surface area contributed by atoms with Gasteiger partial charge in [-0.1, -0.05) is 23.4 Å². The van der Waals surface area contributed by atoms with E-state index in [4.69, 9.17) is 4.52 Å². The normalized spacial score (nSPS) is 10.9. The Kier molecular flexibility index (Phi) is 4.40. The number of pyridine rings is 1. The predicted octanol–water partition coefficient (Wildman–Crippen LogP) is 2.22. The molecule has 1 aromatic carbocycles. The van der Waals surface area contributed by atoms with E-state index in [1.54, 1.807) is 53.9 Å². The molecule has 0 atom stereocenters. The summed E-state index contributed by atoms with van der Waals surface area (Å²) in [5.74, 6) is 0.990. The number of aryl methyl sites for hydroxylation is 1. The third kappa shape index (κ3) is 3.25. The number of carbonyl (C=O) groups is 2. The van der Waals surface area contributed by atoms with Gasteiger partial charge in [0.15, 0.2) is 23.1 Å². The van der Waals surface area contributed by atoms with Crippen LogP contribution in [0.15, 0.2) is 47.1 Å². The van der Waals surface area contributed by atoms with Crippen molar-refractivity contribution < 1.29 is 14.1 Å². The number of nitrogens with one attached hydrogen (secondary N) is 1. The van der Waals surface area contributed by atoms with Crippen molar-refractivity contribution in [1.29, 1.82) is 0 Å². The molecule has 9 heteroatoms. The lowest BCUT2D eigenvalue weighted by molar-refractivity contribution is 0.0935. The fourth-order valence-corrected chi connectivity index (χ4v) is 2.85. The lowest BCUT2D eigenvalue weighted by atomic mass is 10.0. The second-order valence-electron chi connectivity index (χ2n) is 6.19. The summed E-state index contributed by atoms with van der Waals surface area (Å²) in [6.45, 7) is 3.33. The van der Waals surface area contributed by atoms with E-state index in [1.807, 2.05) is 0 Å². The van der Waals surface area contributed by atoms with E-state index in [9.17, 15) is 9.59 Å². The summed E-state index contributed by atoms with van der Waals surface area (Å²) in [6, 6.07) is 10.3. The number of benzene rings is 1. The number of amides is 1. The first-order valence-corrected chi connectivity index (χ1v) is 8.55. The number of rotatable bonds is 5. The number of Topliss-reactive ketones (excluding diaryl/α,β-unsaturated/α-hetero) is 1. The van der Waals surface area contributed by atoms with Gasteiger partial charge in [0.1, 0.15) is 0 Å². The van der Waals surface area contributed by atoms with E-state index in [0.717, 1.165) is 5.56 Å². The topological polar surface area (TPSA) is 115 Å². The molecule has 0 aliphatic rings. The first-order chi connectivity index (χ1) is 13.5. The molecule has 0 aliphatic carbocycles. The van der Waals surface area contributed by atoms with Gasteiger partial charge in [-0.15, -0.1) is 10.2 Å². The van der Waals surface area contributed by atoms with Crippen LogP contribution in [0, 0.1) is 6.92 Å². The molecule has 0 bridgehead atoms. The van der Waals surface area contributed by atoms with Crippen molar-refractivity contribution in [3.05, 3.63) is 65.4 Å². The molecule has 28 heavy (non-hydrogen) atoms. The smallest absolute Gasteiger partial charge is 0.258 e. The number of nitrogens with zero attached hydrogens (tertiary/aromatic N) is 5. The van der Waals surface area contributed by atoms with Crippen molar-refractivity contribution in [2.45, 2.75) is 20.4 Å². The van der Waals surface area contributed by atoms with Crippen LogP contribution in [-0.4, -0.2) is 36.4 Å². The molecule has 0 aliphatic heterocycles. The van der Waals surface area contributed by atoms with Gasteiger partial charge in [-0.05, 0) is 32.0 Å². The SMILES string of the molecule is CC(=O)c1ccccc1C(=O)NCc1nnc2cc(-c3nc(C)no3)ccn12. The van der Waals surface area contributed by atoms with Crippen LogP contribution in [0.2, 0.25) is 0 Å². The van der Waals surface area contributed by atoms with E-state index < -0.39 is 0 Å². The number of hydrogen-bond donors (Lipinski definition) is 1. The van der Waals surface area contributed by atoms with Gasteiger partial charge in [0.05, 0.1) is 12.1 Å². The Balaban J connectivity index is 1.54. The van der Waals surface area contributed by atoms with Gasteiger partial charge < -0.3 is 9.84 Å². The fourth-order valence-electron chi connectivity index (χ4n) is 2.85. The maximum Gasteiger partial charge on any atom is 0.258 e. The van der Waals surface area contributed by atoms with Crippen LogP contribution in [-0.2, 0) is 6.54 Å². The van der Waals surface area contributed by atoms with Crippen molar-refractivity contribution in [1.82, 2.24) is 30.1 Å². The summed E-state index contributed by atoms with van der Waals surface area (Å²) < 4.78 is 6.92. The molecular formula is C19H16N6O3. The van der Waals surface area contributed by atoms with Gasteiger partial charge in [0, 0.05) is 17.3 Å². The molecule has 0 fully saturated rings. The van der Waals surface area contributed by atoms with Crippen molar-refractivity contribution in [3.8, 4) is 11.5 Å². The molecule has 0 unspecified atom stereocenters. The van der Waals surface area contributed by atoms with Gasteiger partial charge in [-0.2, -0.15) is 4.98 Å². The van der Waals surface area contributed by atoms with Crippen molar-refractivity contribution in [3.63, 3.8) is 0 Å². The molecule has 0 saturated carbocycles. The number of aromatic nitrogens is 5. The minimum absolute atomic E-state index is 0.158. The molecule has 1 amide bonds. The quantitative estimate of drug-likeness (QED) is 0.531. The summed E-state index contributed by atoms with van der Waals surface area (Å²) in [5.41, 5.74) is 2.02. The van der Waals surface area contributed by atoms with Gasteiger partial charge in [0.25, 0.3) is 11.8 Å².